The molecule has 0 aliphatic heterocycles. The van der Waals surface area contributed by atoms with E-state index in [9.17, 15) is 4.79 Å². The number of nitrogens with zero attached hydrogens (tertiary/aromatic N) is 4. The number of hydrogen-bond donors (Lipinski definition) is 0. The Morgan fingerprint density at radius 1 is 0.929 bits per heavy atom. The molecular formula is C22H15ClN4O. The molecule has 28 heavy (non-hydrogen) atoms. The number of para-hydroxylation sites is 1. The average molecular weight is 387 g/mol. The van der Waals surface area contributed by atoms with Crippen LogP contribution in [0.4, 0.5) is 0 Å². The summed E-state index contributed by atoms with van der Waals surface area (Å²) in [6, 6.07) is 22.7. The lowest BCUT2D eigenvalue weighted by Crippen LogP contribution is -2.16. The summed E-state index contributed by atoms with van der Waals surface area (Å²) in [5.41, 5.74) is 3.26. The standard InChI is InChI=1S/C22H15ClN4O/c1-14-9-11-17(12-10-14)26-20(15-5-4-6-16(23)13-15)25-27-21(28)18-7-2-3-8-19(18)24-22(26)27/h2-13H,1H3. The van der Waals surface area contributed by atoms with Crippen molar-refractivity contribution in [3.63, 3.8) is 0 Å². The van der Waals surface area contributed by atoms with Crippen LogP contribution in [0.2, 0.25) is 5.02 Å². The zero-order valence-electron chi connectivity index (χ0n) is 15.0. The summed E-state index contributed by atoms with van der Waals surface area (Å²) in [6.45, 7) is 2.03. The van der Waals surface area contributed by atoms with Gasteiger partial charge in [-0.25, -0.2) is 4.98 Å². The van der Waals surface area contributed by atoms with Crippen LogP contribution in [0, 0.1) is 6.92 Å². The first kappa shape index (κ1) is 16.7. The van der Waals surface area contributed by atoms with Crippen LogP contribution in [0.1, 0.15) is 5.56 Å². The topological polar surface area (TPSA) is 52.2 Å². The van der Waals surface area contributed by atoms with E-state index in [1.807, 2.05) is 78.2 Å². The van der Waals surface area contributed by atoms with Gasteiger partial charge in [0.1, 0.15) is 0 Å². The molecule has 2 aromatic heterocycles. The number of hydrogen-bond acceptors (Lipinski definition) is 3. The Morgan fingerprint density at radius 2 is 1.71 bits per heavy atom. The number of benzene rings is 3. The van der Waals surface area contributed by atoms with Gasteiger partial charge >= 0.3 is 0 Å². The smallest absolute Gasteiger partial charge is 0.267 e. The molecule has 136 valence electrons. The molecule has 5 aromatic rings. The van der Waals surface area contributed by atoms with Gasteiger partial charge in [-0.05, 0) is 43.3 Å². The van der Waals surface area contributed by atoms with Crippen LogP contribution in [-0.2, 0) is 0 Å². The molecule has 0 aliphatic rings. The van der Waals surface area contributed by atoms with Gasteiger partial charge in [-0.15, -0.1) is 5.10 Å². The van der Waals surface area contributed by atoms with E-state index in [4.69, 9.17) is 16.6 Å². The lowest BCUT2D eigenvalue weighted by molar-refractivity contribution is 0.917. The average Bonchev–Trinajstić information content (AvgIpc) is 3.09. The maximum atomic E-state index is 13.1. The second-order valence-corrected chi connectivity index (χ2v) is 7.09. The number of rotatable bonds is 2. The summed E-state index contributed by atoms with van der Waals surface area (Å²) in [5.74, 6) is 1.06. The molecule has 0 bridgehead atoms. The van der Waals surface area contributed by atoms with Crippen molar-refractivity contribution >= 4 is 28.3 Å². The third-order valence-electron chi connectivity index (χ3n) is 4.72. The molecular weight excluding hydrogens is 372 g/mol. The molecule has 5 rings (SSSR count). The molecule has 0 saturated heterocycles. The first-order valence-corrected chi connectivity index (χ1v) is 9.23. The van der Waals surface area contributed by atoms with Crippen molar-refractivity contribution in [1.29, 1.82) is 0 Å². The van der Waals surface area contributed by atoms with Crippen molar-refractivity contribution in [3.8, 4) is 17.1 Å². The fourth-order valence-corrected chi connectivity index (χ4v) is 3.52. The zero-order valence-corrected chi connectivity index (χ0v) is 15.8. The zero-order chi connectivity index (χ0) is 19.3. The highest BCUT2D eigenvalue weighted by Crippen LogP contribution is 2.26. The van der Waals surface area contributed by atoms with Gasteiger partial charge in [0.05, 0.1) is 16.6 Å². The molecule has 3 aromatic carbocycles. The normalized spacial score (nSPS) is 11.4. The molecule has 0 atom stereocenters. The summed E-state index contributed by atoms with van der Waals surface area (Å²) in [6.07, 6.45) is 0. The molecule has 0 fully saturated rings. The molecule has 0 spiro atoms. The van der Waals surface area contributed by atoms with Crippen LogP contribution < -0.4 is 5.56 Å². The van der Waals surface area contributed by atoms with Gasteiger partial charge in [-0.3, -0.25) is 9.36 Å². The quantitative estimate of drug-likeness (QED) is 0.443. The van der Waals surface area contributed by atoms with Crippen molar-refractivity contribution in [2.75, 3.05) is 0 Å². The summed E-state index contributed by atoms with van der Waals surface area (Å²) < 4.78 is 3.25. The Bertz CT molecular complexity index is 1400. The van der Waals surface area contributed by atoms with Crippen LogP contribution in [0.3, 0.4) is 0 Å². The molecule has 0 unspecified atom stereocenters. The fourth-order valence-electron chi connectivity index (χ4n) is 3.33. The van der Waals surface area contributed by atoms with E-state index in [1.165, 1.54) is 4.52 Å². The van der Waals surface area contributed by atoms with Crippen molar-refractivity contribution < 1.29 is 0 Å². The van der Waals surface area contributed by atoms with Crippen molar-refractivity contribution in [1.82, 2.24) is 19.2 Å². The molecule has 0 radical (unpaired) electrons. The van der Waals surface area contributed by atoms with Gasteiger partial charge < -0.3 is 0 Å². The highest BCUT2D eigenvalue weighted by molar-refractivity contribution is 6.30. The highest BCUT2D eigenvalue weighted by Gasteiger charge is 2.18. The summed E-state index contributed by atoms with van der Waals surface area (Å²) in [4.78, 5) is 17.8. The first-order chi connectivity index (χ1) is 13.6. The van der Waals surface area contributed by atoms with Gasteiger partial charge in [-0.2, -0.15) is 4.52 Å². The Balaban J connectivity index is 1.94. The second kappa shape index (κ2) is 6.32. The van der Waals surface area contributed by atoms with E-state index >= 15 is 0 Å². The minimum atomic E-state index is -0.199. The van der Waals surface area contributed by atoms with Crippen LogP contribution in [-0.4, -0.2) is 19.2 Å². The van der Waals surface area contributed by atoms with Crippen molar-refractivity contribution in [2.45, 2.75) is 6.92 Å². The van der Waals surface area contributed by atoms with Crippen LogP contribution in [0.15, 0.2) is 77.6 Å². The van der Waals surface area contributed by atoms with E-state index in [0.717, 1.165) is 16.8 Å². The van der Waals surface area contributed by atoms with Crippen LogP contribution in [0.5, 0.6) is 0 Å². The van der Waals surface area contributed by atoms with Gasteiger partial charge in [0.25, 0.3) is 5.56 Å². The van der Waals surface area contributed by atoms with E-state index in [-0.39, 0.29) is 5.56 Å². The Kier molecular flexibility index (Phi) is 3.77. The number of halogens is 1. The fraction of sp³-hybridized carbons (Fsp3) is 0.0455. The first-order valence-electron chi connectivity index (χ1n) is 8.85. The largest absolute Gasteiger partial charge is 0.283 e. The molecule has 0 N–H and O–H groups in total. The maximum Gasteiger partial charge on any atom is 0.283 e. The van der Waals surface area contributed by atoms with E-state index in [1.54, 1.807) is 6.07 Å². The summed E-state index contributed by atoms with van der Waals surface area (Å²) >= 11 is 6.21. The predicted octanol–water partition coefficient (Wildman–Crippen LogP) is 4.66. The van der Waals surface area contributed by atoms with Crippen LogP contribution in [0.25, 0.3) is 33.8 Å². The molecule has 0 saturated carbocycles. The molecule has 0 amide bonds. The van der Waals surface area contributed by atoms with E-state index < -0.39 is 0 Å². The minimum Gasteiger partial charge on any atom is -0.267 e. The number of aromatic nitrogens is 4. The minimum absolute atomic E-state index is 0.199. The van der Waals surface area contributed by atoms with Gasteiger partial charge in [0.2, 0.25) is 5.78 Å². The second-order valence-electron chi connectivity index (χ2n) is 6.65. The Hall–Kier alpha value is -3.44. The van der Waals surface area contributed by atoms with Crippen molar-refractivity contribution in [2.24, 2.45) is 0 Å². The molecule has 5 nitrogen and oxygen atoms in total. The third kappa shape index (κ3) is 2.60. The predicted molar refractivity (Wildman–Crippen MR) is 111 cm³/mol. The molecule has 2 heterocycles. The number of fused-ring (bicyclic) bond motifs is 2. The molecule has 0 aliphatic carbocycles. The maximum absolute atomic E-state index is 13.1. The van der Waals surface area contributed by atoms with Crippen molar-refractivity contribution in [3.05, 3.63) is 93.7 Å². The molecule has 6 heteroatoms. The van der Waals surface area contributed by atoms with Crippen LogP contribution >= 0.6 is 11.6 Å². The highest BCUT2D eigenvalue weighted by atomic mass is 35.5. The SMILES string of the molecule is Cc1ccc(-n2c(-c3cccc(Cl)c3)nn3c(=O)c4ccccc4nc23)cc1. The Labute approximate surface area is 165 Å². The lowest BCUT2D eigenvalue weighted by atomic mass is 10.2. The Morgan fingerprint density at radius 3 is 2.50 bits per heavy atom. The number of aryl methyl sites for hydroxylation is 1. The van der Waals surface area contributed by atoms with Gasteiger partial charge in [0.15, 0.2) is 5.82 Å². The third-order valence-corrected chi connectivity index (χ3v) is 4.95. The van der Waals surface area contributed by atoms with E-state index in [2.05, 4.69) is 5.10 Å². The van der Waals surface area contributed by atoms with Gasteiger partial charge in [-0.1, -0.05) is 53.6 Å². The summed E-state index contributed by atoms with van der Waals surface area (Å²) in [5, 5.41) is 5.75. The summed E-state index contributed by atoms with van der Waals surface area (Å²) in [7, 11) is 0. The lowest BCUT2D eigenvalue weighted by Gasteiger charge is -2.08. The monoisotopic (exact) mass is 386 g/mol. The van der Waals surface area contributed by atoms with Gasteiger partial charge in [0, 0.05) is 10.6 Å². The van der Waals surface area contributed by atoms with E-state index in [0.29, 0.717) is 27.5 Å².